The first kappa shape index (κ1) is 25.8. The summed E-state index contributed by atoms with van der Waals surface area (Å²) in [5, 5.41) is 11.8. The number of nitrogens with one attached hydrogen (secondary N) is 1. The molecule has 7 rings (SSSR count). The van der Waals surface area contributed by atoms with E-state index in [1.807, 2.05) is 30.3 Å². The third-order valence-corrected chi connectivity index (χ3v) is 9.95. The van der Waals surface area contributed by atoms with E-state index >= 15 is 0 Å². The van der Waals surface area contributed by atoms with E-state index in [2.05, 4.69) is 52.6 Å². The molecule has 40 heavy (non-hydrogen) atoms. The number of carbonyl (C=O) groups is 1. The highest BCUT2D eigenvalue weighted by Gasteiger charge is 2.56. The quantitative estimate of drug-likeness (QED) is 0.353. The number of rotatable bonds is 4. The van der Waals surface area contributed by atoms with Crippen LogP contribution in [-0.4, -0.2) is 65.8 Å². The molecule has 3 saturated heterocycles. The fourth-order valence-corrected chi connectivity index (χ4v) is 7.79. The molecule has 4 aliphatic rings. The molecule has 7 nitrogen and oxygen atoms in total. The number of Topliss-reactive ketones (excluding diaryl/α,β-unsaturated/α-hetero) is 1. The molecule has 7 heteroatoms. The van der Waals surface area contributed by atoms with Crippen molar-refractivity contribution in [3.05, 3.63) is 71.1 Å². The Morgan fingerprint density at radius 1 is 1.02 bits per heavy atom. The Morgan fingerprint density at radius 2 is 1.80 bits per heavy atom. The van der Waals surface area contributed by atoms with Gasteiger partial charge in [0.15, 0.2) is 5.78 Å². The summed E-state index contributed by atoms with van der Waals surface area (Å²) in [4.78, 5) is 16.2. The summed E-state index contributed by atoms with van der Waals surface area (Å²) in [5.74, 6) is 1.79. The Balaban J connectivity index is 1.10. The summed E-state index contributed by atoms with van der Waals surface area (Å²) >= 11 is 0. The Morgan fingerprint density at radius 3 is 2.52 bits per heavy atom. The van der Waals surface area contributed by atoms with Gasteiger partial charge in [0.25, 0.3) is 0 Å². The van der Waals surface area contributed by atoms with Crippen LogP contribution < -0.4 is 5.32 Å². The second kappa shape index (κ2) is 10.1. The first-order valence-electron chi connectivity index (χ1n) is 14.7. The van der Waals surface area contributed by atoms with E-state index in [-0.39, 0.29) is 23.4 Å². The van der Waals surface area contributed by atoms with E-state index in [4.69, 9.17) is 9.15 Å². The van der Waals surface area contributed by atoms with Crippen LogP contribution in [0.2, 0.25) is 0 Å². The van der Waals surface area contributed by atoms with Crippen LogP contribution in [-0.2, 0) is 4.74 Å². The van der Waals surface area contributed by atoms with Gasteiger partial charge in [0.1, 0.15) is 6.10 Å². The number of fused-ring (bicyclic) bond motifs is 4. The third kappa shape index (κ3) is 4.35. The number of nitrogens with zero attached hydrogens (tertiary/aromatic N) is 3. The summed E-state index contributed by atoms with van der Waals surface area (Å²) in [7, 11) is 2.22. The zero-order chi connectivity index (χ0) is 27.4. The predicted octanol–water partition coefficient (Wildman–Crippen LogP) is 5.38. The van der Waals surface area contributed by atoms with Crippen molar-refractivity contribution in [2.24, 2.45) is 11.3 Å². The summed E-state index contributed by atoms with van der Waals surface area (Å²) in [5.41, 5.74) is 6.50. The average Bonchev–Trinajstić information content (AvgIpc) is 3.63. The first-order valence-corrected chi connectivity index (χ1v) is 14.7. The van der Waals surface area contributed by atoms with Gasteiger partial charge in [-0.25, -0.2) is 0 Å². The molecule has 3 aliphatic heterocycles. The third-order valence-electron chi connectivity index (χ3n) is 9.95. The van der Waals surface area contributed by atoms with E-state index < -0.39 is 0 Å². The Kier molecular flexibility index (Phi) is 6.49. The zero-order valence-electron chi connectivity index (χ0n) is 23.7. The van der Waals surface area contributed by atoms with Crippen molar-refractivity contribution in [3.8, 4) is 22.6 Å². The number of piperidine rings is 1. The average molecular weight is 539 g/mol. The van der Waals surface area contributed by atoms with Crippen LogP contribution in [0.15, 0.2) is 58.5 Å². The number of carbonyl (C=O) groups excluding carboxylic acids is 1. The molecule has 1 N–H and O–H groups in total. The van der Waals surface area contributed by atoms with Crippen LogP contribution in [0.5, 0.6) is 0 Å². The molecule has 0 bridgehead atoms. The van der Waals surface area contributed by atoms with Crippen molar-refractivity contribution in [1.82, 2.24) is 20.4 Å². The number of likely N-dealkylation sites (tertiary alicyclic amines) is 1. The van der Waals surface area contributed by atoms with Gasteiger partial charge >= 0.3 is 0 Å². The molecule has 0 saturated carbocycles. The fraction of sp³-hybridized carbons (Fsp3) is 0.485. The van der Waals surface area contributed by atoms with Crippen molar-refractivity contribution < 1.29 is 13.9 Å². The number of hydrogen-bond acceptors (Lipinski definition) is 7. The van der Waals surface area contributed by atoms with Gasteiger partial charge in [-0.15, -0.1) is 10.2 Å². The Bertz CT molecular complexity index is 1450. The van der Waals surface area contributed by atoms with Gasteiger partial charge in [0.05, 0.1) is 6.10 Å². The molecule has 3 aromatic rings. The smallest absolute Gasteiger partial charge is 0.247 e. The molecule has 4 atom stereocenters. The van der Waals surface area contributed by atoms with Crippen LogP contribution in [0.4, 0.5) is 0 Å². The van der Waals surface area contributed by atoms with Crippen molar-refractivity contribution in [3.63, 3.8) is 0 Å². The lowest BCUT2D eigenvalue weighted by atomic mass is 9.57. The van der Waals surface area contributed by atoms with E-state index in [1.165, 1.54) is 12.0 Å². The molecule has 208 valence electrons. The number of benzene rings is 2. The SMILES string of the molecule is Cc1nnc(-c2ccc(-c3ccc(C(=O)C4CCC5=CC6NCCC6C6(CCN(C)CC6)C5O4)cc3)c(C)c2)o1. The summed E-state index contributed by atoms with van der Waals surface area (Å²) in [6.45, 7) is 7.15. The maximum absolute atomic E-state index is 13.8. The largest absolute Gasteiger partial charge is 0.421 e. The van der Waals surface area contributed by atoms with Gasteiger partial charge in [0, 0.05) is 29.5 Å². The topological polar surface area (TPSA) is 80.5 Å². The summed E-state index contributed by atoms with van der Waals surface area (Å²) < 4.78 is 12.4. The maximum atomic E-state index is 13.8. The minimum Gasteiger partial charge on any atom is -0.421 e. The van der Waals surface area contributed by atoms with Gasteiger partial charge < -0.3 is 19.4 Å². The van der Waals surface area contributed by atoms with Crippen molar-refractivity contribution >= 4 is 5.78 Å². The molecular formula is C33H38N4O3. The van der Waals surface area contributed by atoms with Crippen LogP contribution in [0.3, 0.4) is 0 Å². The number of aromatic nitrogens is 2. The molecule has 4 heterocycles. The molecular weight excluding hydrogens is 500 g/mol. The van der Waals surface area contributed by atoms with E-state index in [0.717, 1.165) is 73.1 Å². The second-order valence-corrected chi connectivity index (χ2v) is 12.3. The lowest BCUT2D eigenvalue weighted by molar-refractivity contribution is -0.120. The van der Waals surface area contributed by atoms with Crippen molar-refractivity contribution in [2.45, 2.75) is 64.2 Å². The minimum absolute atomic E-state index is 0.0631. The van der Waals surface area contributed by atoms with Gasteiger partial charge in [-0.1, -0.05) is 36.4 Å². The first-order chi connectivity index (χ1) is 19.4. The van der Waals surface area contributed by atoms with Gasteiger partial charge in [-0.3, -0.25) is 4.79 Å². The molecule has 4 unspecified atom stereocenters. The molecule has 3 fully saturated rings. The predicted molar refractivity (Wildman–Crippen MR) is 154 cm³/mol. The number of hydrogen-bond donors (Lipinski definition) is 1. The molecule has 1 spiro atoms. The summed E-state index contributed by atoms with van der Waals surface area (Å²) in [6, 6.07) is 14.6. The van der Waals surface area contributed by atoms with Crippen LogP contribution >= 0.6 is 0 Å². The molecule has 1 aliphatic carbocycles. The monoisotopic (exact) mass is 538 g/mol. The zero-order valence-corrected chi connectivity index (χ0v) is 23.7. The summed E-state index contributed by atoms with van der Waals surface area (Å²) in [6.07, 6.45) is 7.34. The molecule has 2 aromatic carbocycles. The van der Waals surface area contributed by atoms with Crippen LogP contribution in [0, 0.1) is 25.2 Å². The van der Waals surface area contributed by atoms with E-state index in [0.29, 0.717) is 23.7 Å². The lowest BCUT2D eigenvalue weighted by Crippen LogP contribution is -2.58. The highest BCUT2D eigenvalue weighted by atomic mass is 16.5. The van der Waals surface area contributed by atoms with Gasteiger partial charge in [-0.05, 0) is 106 Å². The highest BCUT2D eigenvalue weighted by molar-refractivity contribution is 6.00. The van der Waals surface area contributed by atoms with Gasteiger partial charge in [-0.2, -0.15) is 0 Å². The minimum atomic E-state index is -0.380. The molecule has 0 radical (unpaired) electrons. The van der Waals surface area contributed by atoms with Crippen molar-refractivity contribution in [2.75, 3.05) is 26.7 Å². The van der Waals surface area contributed by atoms with E-state index in [9.17, 15) is 4.79 Å². The van der Waals surface area contributed by atoms with Gasteiger partial charge in [0.2, 0.25) is 11.8 Å². The fourth-order valence-electron chi connectivity index (χ4n) is 7.79. The standard InChI is InChI=1S/C33H38N4O3/c1-20-18-25(32-36-35-21(2)39-32)8-10-26(20)22-4-6-23(7-5-22)30(38)29-11-9-24-19-28-27(12-15-34-28)33(31(24)40-29)13-16-37(3)17-14-33/h4-8,10,18-19,27-29,31,34H,9,11-17H2,1-3H3. The lowest BCUT2D eigenvalue weighted by Gasteiger charge is -2.55. The maximum Gasteiger partial charge on any atom is 0.247 e. The molecule has 1 aromatic heterocycles. The molecule has 0 amide bonds. The normalized spacial score (nSPS) is 27.7. The Labute approximate surface area is 236 Å². The number of ketones is 1. The van der Waals surface area contributed by atoms with E-state index in [1.54, 1.807) is 6.92 Å². The highest BCUT2D eigenvalue weighted by Crippen LogP contribution is 2.55. The number of ether oxygens (including phenoxy) is 1. The van der Waals surface area contributed by atoms with Crippen LogP contribution in [0.25, 0.3) is 22.6 Å². The Hall–Kier alpha value is -3.13. The van der Waals surface area contributed by atoms with Crippen LogP contribution in [0.1, 0.15) is 53.9 Å². The van der Waals surface area contributed by atoms with Crippen molar-refractivity contribution in [1.29, 1.82) is 0 Å². The number of aryl methyl sites for hydroxylation is 2. The second-order valence-electron chi connectivity index (χ2n) is 12.3.